The SMILES string of the molecule is COc1cccc(C(=O)Nc2cc(-c3noc(-c4sc(NC(=O)NCCCN5CCCCC5)nc4N)n3)c(F)cc2F)c1. The van der Waals surface area contributed by atoms with Gasteiger partial charge in [0, 0.05) is 18.2 Å². The molecule has 0 saturated carbocycles. The number of aromatic nitrogens is 3. The second kappa shape index (κ2) is 13.6. The van der Waals surface area contributed by atoms with E-state index in [0.29, 0.717) is 18.4 Å². The number of amides is 3. The van der Waals surface area contributed by atoms with E-state index in [9.17, 15) is 18.4 Å². The molecule has 4 aromatic rings. The molecule has 0 spiro atoms. The van der Waals surface area contributed by atoms with Gasteiger partial charge in [0.1, 0.15) is 28.1 Å². The van der Waals surface area contributed by atoms with Gasteiger partial charge in [-0.3, -0.25) is 10.1 Å². The molecule has 5 rings (SSSR count). The van der Waals surface area contributed by atoms with Gasteiger partial charge in [-0.05, 0) is 63.2 Å². The molecule has 226 valence electrons. The lowest BCUT2D eigenvalue weighted by atomic mass is 10.1. The maximum Gasteiger partial charge on any atom is 0.321 e. The number of carbonyl (C=O) groups is 2. The summed E-state index contributed by atoms with van der Waals surface area (Å²) in [6.07, 6.45) is 4.53. The number of ether oxygens (including phenoxy) is 1. The van der Waals surface area contributed by atoms with Gasteiger partial charge in [-0.1, -0.05) is 29.0 Å². The number of methoxy groups -OCH3 is 1. The summed E-state index contributed by atoms with van der Waals surface area (Å²) in [5.41, 5.74) is 5.72. The molecule has 2 aromatic carbocycles. The van der Waals surface area contributed by atoms with Crippen LogP contribution in [0.1, 0.15) is 36.0 Å². The summed E-state index contributed by atoms with van der Waals surface area (Å²) >= 11 is 0.997. The Morgan fingerprint density at radius 3 is 2.70 bits per heavy atom. The molecule has 1 aliphatic heterocycles. The van der Waals surface area contributed by atoms with Crippen LogP contribution in [0, 0.1) is 11.6 Å². The van der Waals surface area contributed by atoms with Crippen molar-refractivity contribution < 1.29 is 27.6 Å². The summed E-state index contributed by atoms with van der Waals surface area (Å²) in [4.78, 5) is 36.0. The Balaban J connectivity index is 1.23. The number of nitrogens with one attached hydrogen (secondary N) is 3. The molecule has 0 bridgehead atoms. The Labute approximate surface area is 249 Å². The number of urea groups is 1. The van der Waals surface area contributed by atoms with Crippen LogP contribution in [0.25, 0.3) is 22.2 Å². The lowest BCUT2D eigenvalue weighted by Crippen LogP contribution is -2.34. The molecule has 3 amide bonds. The van der Waals surface area contributed by atoms with Gasteiger partial charge in [0.05, 0.1) is 18.4 Å². The second-order valence-corrected chi connectivity index (χ2v) is 10.8. The lowest BCUT2D eigenvalue weighted by molar-refractivity contribution is 0.102. The number of halogens is 2. The van der Waals surface area contributed by atoms with Crippen molar-refractivity contribution in [2.24, 2.45) is 0 Å². The quantitative estimate of drug-likeness (QED) is 0.181. The Hall–Kier alpha value is -4.63. The number of likely N-dealkylation sites (tertiary alicyclic amines) is 1. The Morgan fingerprint density at radius 2 is 1.91 bits per heavy atom. The maximum absolute atomic E-state index is 14.8. The first-order valence-electron chi connectivity index (χ1n) is 13.6. The van der Waals surface area contributed by atoms with E-state index in [1.807, 2.05) is 0 Å². The Kier molecular flexibility index (Phi) is 9.41. The predicted molar refractivity (Wildman–Crippen MR) is 158 cm³/mol. The van der Waals surface area contributed by atoms with Gasteiger partial charge < -0.3 is 30.5 Å². The van der Waals surface area contributed by atoms with Crippen molar-refractivity contribution in [2.75, 3.05) is 49.7 Å². The molecule has 1 aliphatic rings. The van der Waals surface area contributed by atoms with E-state index in [1.165, 1.54) is 38.5 Å². The number of thiazole rings is 1. The lowest BCUT2D eigenvalue weighted by Gasteiger charge is -2.26. The van der Waals surface area contributed by atoms with Gasteiger partial charge in [-0.25, -0.2) is 18.6 Å². The van der Waals surface area contributed by atoms with Gasteiger partial charge in [0.15, 0.2) is 5.13 Å². The summed E-state index contributed by atoms with van der Waals surface area (Å²) in [6.45, 7) is 3.63. The summed E-state index contributed by atoms with van der Waals surface area (Å²) in [5, 5.41) is 11.9. The molecule has 0 atom stereocenters. The number of nitrogen functional groups attached to an aromatic ring is 1. The van der Waals surface area contributed by atoms with E-state index >= 15 is 0 Å². The maximum atomic E-state index is 14.8. The van der Waals surface area contributed by atoms with Crippen LogP contribution < -0.4 is 26.4 Å². The first-order valence-corrected chi connectivity index (χ1v) is 14.4. The van der Waals surface area contributed by atoms with Crippen LogP contribution in [0.2, 0.25) is 0 Å². The average Bonchev–Trinajstić information content (AvgIpc) is 3.63. The van der Waals surface area contributed by atoms with Crippen LogP contribution in [0.5, 0.6) is 5.75 Å². The van der Waals surface area contributed by atoms with Gasteiger partial charge in [0.25, 0.3) is 11.8 Å². The molecule has 1 saturated heterocycles. The predicted octanol–water partition coefficient (Wildman–Crippen LogP) is 4.98. The van der Waals surface area contributed by atoms with Crippen molar-refractivity contribution in [1.29, 1.82) is 0 Å². The number of hydrogen-bond acceptors (Lipinski definition) is 10. The van der Waals surface area contributed by atoms with Crippen LogP contribution in [0.15, 0.2) is 40.9 Å². The number of anilines is 3. The summed E-state index contributed by atoms with van der Waals surface area (Å²) < 4.78 is 39.7. The molecule has 0 unspecified atom stereocenters. The van der Waals surface area contributed by atoms with Crippen molar-refractivity contribution in [3.63, 3.8) is 0 Å². The zero-order valence-electron chi connectivity index (χ0n) is 23.3. The van der Waals surface area contributed by atoms with Gasteiger partial charge in [0.2, 0.25) is 5.82 Å². The van der Waals surface area contributed by atoms with Crippen LogP contribution in [-0.2, 0) is 0 Å². The smallest absolute Gasteiger partial charge is 0.321 e. The number of piperidine rings is 1. The zero-order chi connectivity index (χ0) is 30.3. The van der Waals surface area contributed by atoms with E-state index in [-0.39, 0.29) is 44.4 Å². The second-order valence-electron chi connectivity index (χ2n) is 9.79. The molecule has 5 N–H and O–H groups in total. The fourth-order valence-corrected chi connectivity index (χ4v) is 5.37. The van der Waals surface area contributed by atoms with E-state index in [1.54, 1.807) is 12.1 Å². The van der Waals surface area contributed by atoms with E-state index < -0.39 is 23.6 Å². The minimum atomic E-state index is -0.992. The van der Waals surface area contributed by atoms with Crippen LogP contribution >= 0.6 is 11.3 Å². The minimum Gasteiger partial charge on any atom is -0.497 e. The molecule has 15 heteroatoms. The van der Waals surface area contributed by atoms with E-state index in [2.05, 4.69) is 36.0 Å². The Morgan fingerprint density at radius 1 is 1.09 bits per heavy atom. The minimum absolute atomic E-state index is 0.0198. The highest BCUT2D eigenvalue weighted by Gasteiger charge is 2.22. The highest BCUT2D eigenvalue weighted by atomic mass is 32.1. The van der Waals surface area contributed by atoms with Crippen LogP contribution in [-0.4, -0.2) is 65.3 Å². The monoisotopic (exact) mass is 612 g/mol. The average molecular weight is 613 g/mol. The molecule has 0 aliphatic carbocycles. The van der Waals surface area contributed by atoms with Crippen LogP contribution in [0.4, 0.5) is 30.2 Å². The fourth-order valence-electron chi connectivity index (χ4n) is 4.57. The van der Waals surface area contributed by atoms with Crippen molar-refractivity contribution in [1.82, 2.24) is 25.3 Å². The fraction of sp³-hybridized carbons (Fsp3) is 0.321. The van der Waals surface area contributed by atoms with Crippen LogP contribution in [0.3, 0.4) is 0 Å². The normalized spacial score (nSPS) is 13.5. The van der Waals surface area contributed by atoms with Gasteiger partial charge in [-0.15, -0.1) is 0 Å². The Bertz CT molecular complexity index is 1610. The third kappa shape index (κ3) is 7.42. The molecule has 2 aromatic heterocycles. The first-order chi connectivity index (χ1) is 20.8. The van der Waals surface area contributed by atoms with Crippen molar-refractivity contribution in [2.45, 2.75) is 25.7 Å². The third-order valence-electron chi connectivity index (χ3n) is 6.76. The molecule has 0 radical (unpaired) electrons. The summed E-state index contributed by atoms with van der Waals surface area (Å²) in [5.74, 6) is -2.42. The molecule has 1 fully saturated rings. The highest BCUT2D eigenvalue weighted by Crippen LogP contribution is 2.36. The van der Waals surface area contributed by atoms with Crippen molar-refractivity contribution >= 4 is 39.9 Å². The molecular weight excluding hydrogens is 582 g/mol. The van der Waals surface area contributed by atoms with Gasteiger partial charge >= 0.3 is 6.03 Å². The standard InChI is InChI=1S/C28H30F2N8O4S/c1-41-17-8-5-7-16(13-17)25(39)33-21-14-18(19(29)15-20(21)30)24-35-26(42-37-24)22-23(31)34-28(43-22)36-27(40)32-9-6-12-38-10-3-2-4-11-38/h5,7-8,13-15H,2-4,6,9-12,31H2,1H3,(H,33,39)(H2,32,34,36,40). The third-order valence-corrected chi connectivity index (χ3v) is 7.73. The summed E-state index contributed by atoms with van der Waals surface area (Å²) in [6, 6.07) is 7.51. The number of hydrogen-bond donors (Lipinski definition) is 4. The number of nitrogens with zero attached hydrogens (tertiary/aromatic N) is 4. The molecular formula is C28H30F2N8O4S. The number of carbonyl (C=O) groups excluding carboxylic acids is 2. The van der Waals surface area contributed by atoms with E-state index in [4.69, 9.17) is 15.0 Å². The van der Waals surface area contributed by atoms with Crippen molar-refractivity contribution in [3.8, 4) is 27.9 Å². The van der Waals surface area contributed by atoms with Gasteiger partial charge in [-0.2, -0.15) is 4.98 Å². The molecule has 12 nitrogen and oxygen atoms in total. The highest BCUT2D eigenvalue weighted by molar-refractivity contribution is 7.19. The number of benzene rings is 2. The first kappa shape index (κ1) is 29.8. The largest absolute Gasteiger partial charge is 0.497 e. The molecule has 43 heavy (non-hydrogen) atoms. The van der Waals surface area contributed by atoms with Crippen molar-refractivity contribution in [3.05, 3.63) is 53.6 Å². The molecule has 3 heterocycles. The number of nitrogens with two attached hydrogens (primary N) is 1. The zero-order valence-corrected chi connectivity index (χ0v) is 24.1. The summed E-state index contributed by atoms with van der Waals surface area (Å²) in [7, 11) is 1.45. The topological polar surface area (TPSA) is 161 Å². The van der Waals surface area contributed by atoms with E-state index in [0.717, 1.165) is 43.5 Å². The number of rotatable bonds is 10.